The van der Waals surface area contributed by atoms with E-state index >= 15 is 0 Å². The summed E-state index contributed by atoms with van der Waals surface area (Å²) in [6.45, 7) is 6.70. The van der Waals surface area contributed by atoms with E-state index in [9.17, 15) is 0 Å². The first-order valence-electron chi connectivity index (χ1n) is 7.11. The third kappa shape index (κ3) is 3.78. The summed E-state index contributed by atoms with van der Waals surface area (Å²) >= 11 is 0. The van der Waals surface area contributed by atoms with Crippen molar-refractivity contribution in [3.63, 3.8) is 0 Å². The van der Waals surface area contributed by atoms with Crippen LogP contribution in [0.15, 0.2) is 24.3 Å². The van der Waals surface area contributed by atoms with E-state index in [0.29, 0.717) is 0 Å². The number of hydrogen-bond donors (Lipinski definition) is 1. The predicted molar refractivity (Wildman–Crippen MR) is 77.7 cm³/mol. The van der Waals surface area contributed by atoms with Gasteiger partial charge in [-0.1, -0.05) is 29.8 Å². The van der Waals surface area contributed by atoms with E-state index in [1.807, 2.05) is 0 Å². The van der Waals surface area contributed by atoms with Crippen molar-refractivity contribution in [2.75, 3.05) is 40.0 Å². The molecule has 0 aromatic heterocycles. The van der Waals surface area contributed by atoms with Gasteiger partial charge in [-0.3, -0.25) is 0 Å². The number of rotatable bonds is 8. The fraction of sp³-hybridized carbons (Fsp3) is 0.625. The Morgan fingerprint density at radius 1 is 1.21 bits per heavy atom. The Morgan fingerprint density at radius 2 is 2.05 bits per heavy atom. The molecule has 1 aromatic carbocycles. The summed E-state index contributed by atoms with van der Waals surface area (Å²) < 4.78 is 10.7. The molecule has 1 fully saturated rings. The molecule has 0 spiro atoms. The highest BCUT2D eigenvalue weighted by Gasteiger charge is 2.38. The van der Waals surface area contributed by atoms with Crippen molar-refractivity contribution >= 4 is 0 Å². The first-order valence-corrected chi connectivity index (χ1v) is 7.11. The largest absolute Gasteiger partial charge is 0.385 e. The lowest BCUT2D eigenvalue weighted by molar-refractivity contribution is 0.0805. The van der Waals surface area contributed by atoms with Gasteiger partial charge in [-0.2, -0.15) is 0 Å². The molecular formula is C16H25NO2. The highest BCUT2D eigenvalue weighted by Crippen LogP contribution is 2.32. The molecule has 2 rings (SSSR count). The zero-order valence-electron chi connectivity index (χ0n) is 12.1. The molecule has 0 aliphatic carbocycles. The summed E-state index contributed by atoms with van der Waals surface area (Å²) in [6.07, 6.45) is 2.07. The highest BCUT2D eigenvalue weighted by atomic mass is 16.5. The molecule has 106 valence electrons. The van der Waals surface area contributed by atoms with Crippen LogP contribution in [0, 0.1) is 6.92 Å². The summed E-state index contributed by atoms with van der Waals surface area (Å²) in [5, 5.41) is 3.41. The zero-order valence-corrected chi connectivity index (χ0v) is 12.1. The van der Waals surface area contributed by atoms with Crippen LogP contribution in [0.1, 0.15) is 24.0 Å². The minimum absolute atomic E-state index is 0.285. The molecule has 0 radical (unpaired) electrons. The van der Waals surface area contributed by atoms with Crippen molar-refractivity contribution in [2.24, 2.45) is 0 Å². The SMILES string of the molecule is COCCCOCCC1(c2cccc(C)c2)CNC1. The smallest absolute Gasteiger partial charge is 0.0487 e. The molecular weight excluding hydrogens is 238 g/mol. The molecule has 0 saturated carbocycles. The fourth-order valence-corrected chi connectivity index (χ4v) is 2.60. The summed E-state index contributed by atoms with van der Waals surface area (Å²) in [4.78, 5) is 0. The molecule has 0 amide bonds. The van der Waals surface area contributed by atoms with Crippen molar-refractivity contribution < 1.29 is 9.47 Å². The van der Waals surface area contributed by atoms with Gasteiger partial charge in [0.1, 0.15) is 0 Å². The van der Waals surface area contributed by atoms with Crippen LogP contribution >= 0.6 is 0 Å². The van der Waals surface area contributed by atoms with E-state index < -0.39 is 0 Å². The third-order valence-corrected chi connectivity index (χ3v) is 3.92. The minimum Gasteiger partial charge on any atom is -0.385 e. The predicted octanol–water partition coefficient (Wildman–Crippen LogP) is 2.28. The molecule has 1 heterocycles. The van der Waals surface area contributed by atoms with Gasteiger partial charge in [0.25, 0.3) is 0 Å². The molecule has 0 atom stereocenters. The third-order valence-electron chi connectivity index (χ3n) is 3.92. The molecule has 1 N–H and O–H groups in total. The van der Waals surface area contributed by atoms with Gasteiger partial charge in [0.05, 0.1) is 0 Å². The van der Waals surface area contributed by atoms with Crippen molar-refractivity contribution in [3.05, 3.63) is 35.4 Å². The topological polar surface area (TPSA) is 30.5 Å². The molecule has 1 saturated heterocycles. The molecule has 1 aliphatic rings. The van der Waals surface area contributed by atoms with E-state index in [0.717, 1.165) is 45.8 Å². The second kappa shape index (κ2) is 7.04. The Balaban J connectivity index is 1.82. The summed E-state index contributed by atoms with van der Waals surface area (Å²) in [6, 6.07) is 8.87. The zero-order chi connectivity index (χ0) is 13.6. The van der Waals surface area contributed by atoms with Crippen LogP contribution in [0.3, 0.4) is 0 Å². The van der Waals surface area contributed by atoms with Crippen LogP contribution in [-0.2, 0) is 14.9 Å². The average Bonchev–Trinajstić information content (AvgIpc) is 2.36. The molecule has 1 aromatic rings. The van der Waals surface area contributed by atoms with Gasteiger partial charge in [0.15, 0.2) is 0 Å². The normalized spacial score (nSPS) is 17.2. The van der Waals surface area contributed by atoms with E-state index in [-0.39, 0.29) is 5.41 Å². The van der Waals surface area contributed by atoms with Crippen LogP contribution in [-0.4, -0.2) is 40.0 Å². The number of hydrogen-bond acceptors (Lipinski definition) is 3. The Bertz CT molecular complexity index is 388. The van der Waals surface area contributed by atoms with Gasteiger partial charge in [-0.05, 0) is 25.3 Å². The van der Waals surface area contributed by atoms with Crippen LogP contribution in [0.4, 0.5) is 0 Å². The first-order chi connectivity index (χ1) is 9.27. The monoisotopic (exact) mass is 263 g/mol. The first kappa shape index (κ1) is 14.5. The number of nitrogens with one attached hydrogen (secondary N) is 1. The van der Waals surface area contributed by atoms with E-state index in [1.165, 1.54) is 11.1 Å². The molecule has 3 heteroatoms. The number of ether oxygens (including phenoxy) is 2. The van der Waals surface area contributed by atoms with Gasteiger partial charge in [0, 0.05) is 45.4 Å². The van der Waals surface area contributed by atoms with E-state index in [1.54, 1.807) is 7.11 Å². The van der Waals surface area contributed by atoms with Crippen LogP contribution in [0.2, 0.25) is 0 Å². The van der Waals surface area contributed by atoms with Crippen LogP contribution in [0.5, 0.6) is 0 Å². The quantitative estimate of drug-likeness (QED) is 0.730. The molecule has 0 bridgehead atoms. The Hall–Kier alpha value is -0.900. The van der Waals surface area contributed by atoms with Gasteiger partial charge in [-0.15, -0.1) is 0 Å². The van der Waals surface area contributed by atoms with Crippen molar-refractivity contribution in [1.29, 1.82) is 0 Å². The second-order valence-electron chi connectivity index (χ2n) is 5.46. The average molecular weight is 263 g/mol. The van der Waals surface area contributed by atoms with Crippen molar-refractivity contribution in [3.8, 4) is 0 Å². The van der Waals surface area contributed by atoms with Crippen molar-refractivity contribution in [1.82, 2.24) is 5.32 Å². The maximum atomic E-state index is 5.71. The van der Waals surface area contributed by atoms with Crippen LogP contribution in [0.25, 0.3) is 0 Å². The molecule has 19 heavy (non-hydrogen) atoms. The summed E-state index contributed by atoms with van der Waals surface area (Å²) in [5.74, 6) is 0. The Morgan fingerprint density at radius 3 is 2.68 bits per heavy atom. The Labute approximate surface area is 116 Å². The maximum Gasteiger partial charge on any atom is 0.0487 e. The molecule has 1 aliphatic heterocycles. The van der Waals surface area contributed by atoms with E-state index in [2.05, 4.69) is 36.5 Å². The van der Waals surface area contributed by atoms with E-state index in [4.69, 9.17) is 9.47 Å². The number of benzene rings is 1. The maximum absolute atomic E-state index is 5.71. The fourth-order valence-electron chi connectivity index (χ4n) is 2.60. The highest BCUT2D eigenvalue weighted by molar-refractivity contribution is 5.33. The number of aryl methyl sites for hydroxylation is 1. The second-order valence-corrected chi connectivity index (χ2v) is 5.46. The standard InChI is InChI=1S/C16H25NO2/c1-14-5-3-6-15(11-14)16(12-17-13-16)7-10-19-9-4-8-18-2/h3,5-6,11,17H,4,7-10,12-13H2,1-2H3. The lowest BCUT2D eigenvalue weighted by atomic mass is 9.72. The van der Waals surface area contributed by atoms with Gasteiger partial charge in [0.2, 0.25) is 0 Å². The van der Waals surface area contributed by atoms with Crippen molar-refractivity contribution in [2.45, 2.75) is 25.2 Å². The minimum atomic E-state index is 0.285. The lowest BCUT2D eigenvalue weighted by Gasteiger charge is -2.43. The summed E-state index contributed by atoms with van der Waals surface area (Å²) in [5.41, 5.74) is 3.07. The molecule has 0 unspecified atom stereocenters. The van der Waals surface area contributed by atoms with Gasteiger partial charge >= 0.3 is 0 Å². The Kier molecular flexibility index (Phi) is 5.37. The van der Waals surface area contributed by atoms with Gasteiger partial charge in [-0.25, -0.2) is 0 Å². The molecule has 3 nitrogen and oxygen atoms in total. The lowest BCUT2D eigenvalue weighted by Crippen LogP contribution is -2.57. The summed E-state index contributed by atoms with van der Waals surface area (Å²) in [7, 11) is 1.73. The van der Waals surface area contributed by atoms with Gasteiger partial charge < -0.3 is 14.8 Å². The van der Waals surface area contributed by atoms with Crippen LogP contribution < -0.4 is 5.32 Å². The number of methoxy groups -OCH3 is 1.